The van der Waals surface area contributed by atoms with Crippen LogP contribution in [0.3, 0.4) is 0 Å². The van der Waals surface area contributed by atoms with Gasteiger partial charge in [-0.2, -0.15) is 0 Å². The first-order chi connectivity index (χ1) is 11.5. The van der Waals surface area contributed by atoms with Gasteiger partial charge in [-0.15, -0.1) is 0 Å². The molecule has 1 atom stereocenters. The molecular formula is C18H15FO5. The van der Waals surface area contributed by atoms with Crippen LogP contribution in [0.4, 0.5) is 4.39 Å². The molecule has 124 valence electrons. The average Bonchev–Trinajstić information content (AvgIpc) is 2.97. The van der Waals surface area contributed by atoms with E-state index >= 15 is 0 Å². The highest BCUT2D eigenvalue weighted by molar-refractivity contribution is 6.10. The fraction of sp³-hybridized carbons (Fsp3) is 0.222. The van der Waals surface area contributed by atoms with Crippen LogP contribution in [-0.4, -0.2) is 24.6 Å². The summed E-state index contributed by atoms with van der Waals surface area (Å²) in [5, 5.41) is 0. The molecule has 2 aromatic rings. The Kier molecular flexibility index (Phi) is 4.20. The monoisotopic (exact) mass is 330 g/mol. The Morgan fingerprint density at radius 1 is 1.12 bits per heavy atom. The highest BCUT2D eigenvalue weighted by Crippen LogP contribution is 2.38. The normalized spacial score (nSPS) is 15.2. The maximum atomic E-state index is 13.0. The number of fused-ring (bicyclic) bond motifs is 1. The van der Waals surface area contributed by atoms with Gasteiger partial charge in [0.1, 0.15) is 5.82 Å². The molecular weight excluding hydrogens is 315 g/mol. The zero-order chi connectivity index (χ0) is 17.3. The van der Waals surface area contributed by atoms with Gasteiger partial charge in [0.25, 0.3) is 0 Å². The van der Waals surface area contributed by atoms with Crippen LogP contribution in [0.1, 0.15) is 28.4 Å². The molecule has 24 heavy (non-hydrogen) atoms. The second kappa shape index (κ2) is 6.31. The van der Waals surface area contributed by atoms with E-state index in [9.17, 15) is 14.0 Å². The topological polar surface area (TPSA) is 61.8 Å². The third-order valence-electron chi connectivity index (χ3n) is 3.59. The van der Waals surface area contributed by atoms with Crippen LogP contribution in [0.2, 0.25) is 0 Å². The number of hydrogen-bond acceptors (Lipinski definition) is 5. The lowest BCUT2D eigenvalue weighted by molar-refractivity contribution is -0.161. The van der Waals surface area contributed by atoms with Crippen molar-refractivity contribution in [1.82, 2.24) is 0 Å². The Morgan fingerprint density at radius 3 is 2.38 bits per heavy atom. The van der Waals surface area contributed by atoms with E-state index in [4.69, 9.17) is 14.2 Å². The maximum Gasteiger partial charge on any atom is 0.389 e. The summed E-state index contributed by atoms with van der Waals surface area (Å²) in [6.45, 7) is 3.65. The van der Waals surface area contributed by atoms with E-state index < -0.39 is 18.1 Å². The molecule has 6 heteroatoms. The zero-order valence-corrected chi connectivity index (χ0v) is 13.2. The molecule has 0 radical (unpaired) electrons. The van der Waals surface area contributed by atoms with Gasteiger partial charge in [0.2, 0.25) is 0 Å². The first kappa shape index (κ1) is 16.0. The molecule has 1 unspecified atom stereocenters. The van der Waals surface area contributed by atoms with Crippen molar-refractivity contribution in [3.8, 4) is 11.5 Å². The summed E-state index contributed by atoms with van der Waals surface area (Å²) in [7, 11) is 0. The van der Waals surface area contributed by atoms with E-state index in [2.05, 4.69) is 0 Å². The predicted octanol–water partition coefficient (Wildman–Crippen LogP) is 3.03. The van der Waals surface area contributed by atoms with Crippen LogP contribution in [0.5, 0.6) is 11.5 Å². The smallest absolute Gasteiger partial charge is 0.389 e. The van der Waals surface area contributed by atoms with E-state index in [1.165, 1.54) is 30.3 Å². The average molecular weight is 330 g/mol. The van der Waals surface area contributed by atoms with Gasteiger partial charge in [-0.3, -0.25) is 4.79 Å². The van der Waals surface area contributed by atoms with Crippen molar-refractivity contribution < 1.29 is 28.2 Å². The minimum Gasteiger partial charge on any atom is -0.460 e. The van der Waals surface area contributed by atoms with Crippen LogP contribution in [-0.2, 0) is 9.53 Å². The van der Waals surface area contributed by atoms with Crippen LogP contribution in [0.25, 0.3) is 0 Å². The molecule has 1 aliphatic heterocycles. The molecule has 0 saturated carbocycles. The number of halogens is 1. The minimum absolute atomic E-state index is 0.214. The quantitative estimate of drug-likeness (QED) is 0.637. The van der Waals surface area contributed by atoms with Crippen molar-refractivity contribution in [2.24, 2.45) is 0 Å². The first-order valence-electron chi connectivity index (χ1n) is 7.44. The van der Waals surface area contributed by atoms with Gasteiger partial charge in [-0.1, -0.05) is 0 Å². The zero-order valence-electron chi connectivity index (χ0n) is 13.2. The molecule has 0 aromatic heterocycles. The van der Waals surface area contributed by atoms with Gasteiger partial charge < -0.3 is 14.2 Å². The number of hydrogen-bond donors (Lipinski definition) is 0. The van der Waals surface area contributed by atoms with Crippen molar-refractivity contribution in [3.63, 3.8) is 0 Å². The van der Waals surface area contributed by atoms with Gasteiger partial charge in [0.05, 0.1) is 6.61 Å². The fourth-order valence-electron chi connectivity index (χ4n) is 2.41. The molecule has 0 spiro atoms. The highest BCUT2D eigenvalue weighted by Gasteiger charge is 2.33. The maximum absolute atomic E-state index is 13.0. The van der Waals surface area contributed by atoms with Crippen molar-refractivity contribution in [2.75, 3.05) is 6.61 Å². The SMILES string of the molecule is CCOC(=O)C1Oc2cc(C)c(C(=O)c3ccc(F)cc3)cc2O1. The summed E-state index contributed by atoms with van der Waals surface area (Å²) in [6.07, 6.45) is -1.17. The number of rotatable bonds is 4. The molecule has 0 amide bonds. The summed E-state index contributed by atoms with van der Waals surface area (Å²) < 4.78 is 28.7. The van der Waals surface area contributed by atoms with Gasteiger partial charge >= 0.3 is 12.3 Å². The standard InChI is InChI=1S/C18H15FO5/c1-3-22-17(21)18-23-14-8-10(2)13(9-15(14)24-18)16(20)11-4-6-12(19)7-5-11/h4-9,18H,3H2,1-2H3. The molecule has 0 bridgehead atoms. The van der Waals surface area contributed by atoms with E-state index in [1.807, 2.05) is 0 Å². The summed E-state index contributed by atoms with van der Waals surface area (Å²) in [5.74, 6) is -0.632. The van der Waals surface area contributed by atoms with E-state index in [1.54, 1.807) is 19.9 Å². The number of carbonyl (C=O) groups excluding carboxylic acids is 2. The molecule has 3 rings (SSSR count). The van der Waals surface area contributed by atoms with E-state index in [-0.39, 0.29) is 12.4 Å². The summed E-state index contributed by atoms with van der Waals surface area (Å²) >= 11 is 0. The lowest BCUT2D eigenvalue weighted by Gasteiger charge is -2.07. The molecule has 0 N–H and O–H groups in total. The van der Waals surface area contributed by atoms with Gasteiger partial charge in [0, 0.05) is 11.1 Å². The molecule has 0 aliphatic carbocycles. The first-order valence-corrected chi connectivity index (χ1v) is 7.44. The van der Waals surface area contributed by atoms with Crippen molar-refractivity contribution in [2.45, 2.75) is 20.1 Å². The van der Waals surface area contributed by atoms with Crippen molar-refractivity contribution in [3.05, 3.63) is 58.9 Å². The number of benzene rings is 2. The number of aryl methyl sites for hydroxylation is 1. The third kappa shape index (κ3) is 2.95. The minimum atomic E-state index is -1.17. The Labute approximate surface area is 138 Å². The van der Waals surface area contributed by atoms with E-state index in [0.29, 0.717) is 28.2 Å². The van der Waals surface area contributed by atoms with Gasteiger partial charge in [-0.05, 0) is 55.8 Å². The lowest BCUT2D eigenvalue weighted by atomic mass is 9.98. The second-order valence-electron chi connectivity index (χ2n) is 5.27. The lowest BCUT2D eigenvalue weighted by Crippen LogP contribution is -2.30. The van der Waals surface area contributed by atoms with Gasteiger partial charge in [-0.25, -0.2) is 9.18 Å². The Hall–Kier alpha value is -2.89. The number of ketones is 1. The van der Waals surface area contributed by atoms with Crippen LogP contribution >= 0.6 is 0 Å². The summed E-state index contributed by atoms with van der Waals surface area (Å²) in [6, 6.07) is 8.45. The fourth-order valence-corrected chi connectivity index (χ4v) is 2.41. The number of carbonyl (C=O) groups is 2. The Bertz CT molecular complexity index is 798. The van der Waals surface area contributed by atoms with Crippen LogP contribution in [0, 0.1) is 12.7 Å². The summed E-state index contributed by atoms with van der Waals surface area (Å²) in [5.41, 5.74) is 1.42. The van der Waals surface area contributed by atoms with Crippen LogP contribution in [0.15, 0.2) is 36.4 Å². The third-order valence-corrected chi connectivity index (χ3v) is 3.59. The molecule has 1 aliphatic rings. The van der Waals surface area contributed by atoms with Crippen molar-refractivity contribution in [1.29, 1.82) is 0 Å². The van der Waals surface area contributed by atoms with Crippen LogP contribution < -0.4 is 9.47 Å². The molecule has 2 aromatic carbocycles. The summed E-state index contributed by atoms with van der Waals surface area (Å²) in [4.78, 5) is 24.3. The highest BCUT2D eigenvalue weighted by atomic mass is 19.1. The molecule has 1 heterocycles. The Morgan fingerprint density at radius 2 is 1.75 bits per heavy atom. The molecule has 5 nitrogen and oxygen atoms in total. The Balaban J connectivity index is 1.88. The second-order valence-corrected chi connectivity index (χ2v) is 5.27. The van der Waals surface area contributed by atoms with Gasteiger partial charge in [0.15, 0.2) is 17.3 Å². The largest absolute Gasteiger partial charge is 0.460 e. The number of esters is 1. The van der Waals surface area contributed by atoms with E-state index in [0.717, 1.165) is 0 Å². The molecule has 0 fully saturated rings. The predicted molar refractivity (Wildman–Crippen MR) is 82.7 cm³/mol. The van der Waals surface area contributed by atoms with Crippen molar-refractivity contribution >= 4 is 11.8 Å². The molecule has 0 saturated heterocycles. The number of ether oxygens (including phenoxy) is 3.